The van der Waals surface area contributed by atoms with Crippen LogP contribution in [0.1, 0.15) is 20.7 Å². The second-order valence-electron chi connectivity index (χ2n) is 4.74. The third kappa shape index (κ3) is 3.69. The zero-order chi connectivity index (χ0) is 18.8. The fourth-order valence-corrected chi connectivity index (χ4v) is 3.08. The van der Waals surface area contributed by atoms with Crippen LogP contribution in [-0.4, -0.2) is 37.7 Å². The van der Waals surface area contributed by atoms with Gasteiger partial charge in [-0.3, -0.25) is 4.72 Å². The highest BCUT2D eigenvalue weighted by Crippen LogP contribution is 2.26. The largest absolute Gasteiger partial charge is 0.507 e. The van der Waals surface area contributed by atoms with Crippen LogP contribution in [0, 0.1) is 5.82 Å². The van der Waals surface area contributed by atoms with E-state index in [0.717, 1.165) is 43.5 Å². The van der Waals surface area contributed by atoms with Crippen molar-refractivity contribution in [3.8, 4) is 5.75 Å². The number of hydrogen-bond donors (Lipinski definition) is 3. The van der Waals surface area contributed by atoms with Crippen molar-refractivity contribution in [2.24, 2.45) is 0 Å². The molecule has 0 aliphatic heterocycles. The predicted molar refractivity (Wildman–Crippen MR) is 83.6 cm³/mol. The number of aromatic hydroxyl groups is 1. The normalized spacial score (nSPS) is 11.0. The number of sulfonamides is 1. The molecule has 2 rings (SSSR count). The fourth-order valence-electron chi connectivity index (χ4n) is 1.99. The molecule has 0 aliphatic carbocycles. The summed E-state index contributed by atoms with van der Waals surface area (Å²) in [5.41, 5.74) is -1.73. The van der Waals surface area contributed by atoms with Crippen molar-refractivity contribution in [3.63, 3.8) is 0 Å². The Balaban J connectivity index is 2.50. The number of methoxy groups -OCH3 is 1. The average Bonchev–Trinajstić information content (AvgIpc) is 2.53. The number of anilines is 1. The molecule has 0 radical (unpaired) electrons. The molecule has 0 spiro atoms. The zero-order valence-corrected chi connectivity index (χ0v) is 13.5. The van der Waals surface area contributed by atoms with E-state index in [1.807, 2.05) is 4.72 Å². The van der Waals surface area contributed by atoms with Crippen LogP contribution in [0.4, 0.5) is 10.1 Å². The molecule has 0 atom stereocenters. The van der Waals surface area contributed by atoms with Gasteiger partial charge in [-0.1, -0.05) is 6.07 Å². The Morgan fingerprint density at radius 2 is 1.88 bits per heavy atom. The van der Waals surface area contributed by atoms with Crippen molar-refractivity contribution in [1.82, 2.24) is 0 Å². The number of nitrogens with one attached hydrogen (secondary N) is 1. The first-order chi connectivity index (χ1) is 11.7. The molecule has 0 aromatic heterocycles. The van der Waals surface area contributed by atoms with E-state index in [0.29, 0.717) is 0 Å². The third-order valence-corrected chi connectivity index (χ3v) is 4.52. The van der Waals surface area contributed by atoms with E-state index in [1.165, 1.54) is 0 Å². The van der Waals surface area contributed by atoms with Crippen LogP contribution in [0.5, 0.6) is 5.75 Å². The minimum absolute atomic E-state index is 0.400. The van der Waals surface area contributed by atoms with Crippen LogP contribution < -0.4 is 4.72 Å². The van der Waals surface area contributed by atoms with Crippen LogP contribution in [-0.2, 0) is 14.8 Å². The highest BCUT2D eigenvalue weighted by molar-refractivity contribution is 7.92. The molecule has 8 nitrogen and oxygen atoms in total. The summed E-state index contributed by atoms with van der Waals surface area (Å²) >= 11 is 0. The summed E-state index contributed by atoms with van der Waals surface area (Å²) in [6.45, 7) is 0. The molecular weight excluding hydrogens is 357 g/mol. The quantitative estimate of drug-likeness (QED) is 0.685. The van der Waals surface area contributed by atoms with Crippen LogP contribution in [0.3, 0.4) is 0 Å². The summed E-state index contributed by atoms with van der Waals surface area (Å²) in [4.78, 5) is 22.2. The van der Waals surface area contributed by atoms with Gasteiger partial charge in [0.2, 0.25) is 0 Å². The van der Waals surface area contributed by atoms with Gasteiger partial charge in [0, 0.05) is 0 Å². The SMILES string of the molecule is COC(=O)c1cc(S(=O)(=O)Nc2cccc(F)c2C(=O)O)ccc1O. The molecular formula is C15H12FNO7S. The number of carboxylic acids is 1. The second kappa shape index (κ2) is 6.77. The van der Waals surface area contributed by atoms with Crippen molar-refractivity contribution in [1.29, 1.82) is 0 Å². The van der Waals surface area contributed by atoms with E-state index < -0.39 is 55.2 Å². The smallest absolute Gasteiger partial charge is 0.341 e. The molecule has 2 aromatic carbocycles. The van der Waals surface area contributed by atoms with Gasteiger partial charge in [-0.05, 0) is 30.3 Å². The number of phenolic OH excluding ortho intramolecular Hbond substituents is 1. The molecule has 3 N–H and O–H groups in total. The summed E-state index contributed by atoms with van der Waals surface area (Å²) < 4.78 is 44.8. The molecule has 0 aliphatic rings. The molecule has 25 heavy (non-hydrogen) atoms. The van der Waals surface area contributed by atoms with Crippen LogP contribution >= 0.6 is 0 Å². The molecule has 0 bridgehead atoms. The molecule has 0 heterocycles. The average molecular weight is 369 g/mol. The first-order valence-corrected chi connectivity index (χ1v) is 8.11. The number of rotatable bonds is 5. The van der Waals surface area contributed by atoms with Crippen molar-refractivity contribution in [2.75, 3.05) is 11.8 Å². The second-order valence-corrected chi connectivity index (χ2v) is 6.43. The number of carbonyl (C=O) groups is 2. The lowest BCUT2D eigenvalue weighted by molar-refractivity contribution is 0.0596. The maximum absolute atomic E-state index is 13.6. The number of aromatic carboxylic acids is 1. The molecule has 0 unspecified atom stereocenters. The van der Waals surface area contributed by atoms with E-state index in [2.05, 4.69) is 4.74 Å². The molecule has 132 valence electrons. The summed E-state index contributed by atoms with van der Waals surface area (Å²) in [5, 5.41) is 18.6. The van der Waals surface area contributed by atoms with Gasteiger partial charge in [-0.2, -0.15) is 0 Å². The minimum Gasteiger partial charge on any atom is -0.507 e. The lowest BCUT2D eigenvalue weighted by Crippen LogP contribution is -2.17. The van der Waals surface area contributed by atoms with Crippen LogP contribution in [0.2, 0.25) is 0 Å². The Kier molecular flexibility index (Phi) is 4.93. The Labute approximate surface area is 141 Å². The Morgan fingerprint density at radius 1 is 1.20 bits per heavy atom. The number of esters is 1. The summed E-state index contributed by atoms with van der Waals surface area (Å²) in [6.07, 6.45) is 0. The van der Waals surface area contributed by atoms with Crippen LogP contribution in [0.15, 0.2) is 41.3 Å². The van der Waals surface area contributed by atoms with Gasteiger partial charge in [-0.15, -0.1) is 0 Å². The molecule has 0 fully saturated rings. The lowest BCUT2D eigenvalue weighted by atomic mass is 10.2. The van der Waals surface area contributed by atoms with Gasteiger partial charge >= 0.3 is 11.9 Å². The predicted octanol–water partition coefficient (Wildman–Crippen LogP) is 1.82. The number of carboxylic acid groups (broad SMARTS) is 1. The van der Waals surface area contributed by atoms with Gasteiger partial charge in [-0.25, -0.2) is 22.4 Å². The topological polar surface area (TPSA) is 130 Å². The van der Waals surface area contributed by atoms with Crippen molar-refractivity contribution in [2.45, 2.75) is 4.90 Å². The van der Waals surface area contributed by atoms with Gasteiger partial charge in [0.1, 0.15) is 22.7 Å². The van der Waals surface area contributed by atoms with Gasteiger partial charge < -0.3 is 14.9 Å². The van der Waals surface area contributed by atoms with Crippen LogP contribution in [0.25, 0.3) is 0 Å². The molecule has 2 aromatic rings. The Hall–Kier alpha value is -3.14. The maximum atomic E-state index is 13.6. The maximum Gasteiger partial charge on any atom is 0.341 e. The Bertz CT molecular complexity index is 956. The van der Waals surface area contributed by atoms with Gasteiger partial charge in [0.15, 0.2) is 0 Å². The summed E-state index contributed by atoms with van der Waals surface area (Å²) in [7, 11) is -3.32. The number of phenols is 1. The number of ether oxygens (including phenoxy) is 1. The van der Waals surface area contributed by atoms with E-state index in [1.54, 1.807) is 0 Å². The van der Waals surface area contributed by atoms with E-state index in [9.17, 15) is 27.5 Å². The molecule has 10 heteroatoms. The van der Waals surface area contributed by atoms with Gasteiger partial charge in [0.05, 0.1) is 17.7 Å². The third-order valence-electron chi connectivity index (χ3n) is 3.16. The fraction of sp³-hybridized carbons (Fsp3) is 0.0667. The van der Waals surface area contributed by atoms with E-state index in [4.69, 9.17) is 5.11 Å². The highest BCUT2D eigenvalue weighted by atomic mass is 32.2. The van der Waals surface area contributed by atoms with E-state index >= 15 is 0 Å². The van der Waals surface area contributed by atoms with E-state index in [-0.39, 0.29) is 0 Å². The summed E-state index contributed by atoms with van der Waals surface area (Å²) in [6, 6.07) is 5.89. The monoisotopic (exact) mass is 369 g/mol. The first-order valence-electron chi connectivity index (χ1n) is 6.63. The number of hydrogen-bond acceptors (Lipinski definition) is 6. The standard InChI is InChI=1S/C15H12FNO7S/c1-24-15(21)9-7-8(5-6-12(9)18)25(22,23)17-11-4-2-3-10(16)13(11)14(19)20/h2-7,17-18H,1H3,(H,19,20). The Morgan fingerprint density at radius 3 is 2.48 bits per heavy atom. The molecule has 0 amide bonds. The lowest BCUT2D eigenvalue weighted by Gasteiger charge is -2.12. The first kappa shape index (κ1) is 18.2. The highest BCUT2D eigenvalue weighted by Gasteiger charge is 2.23. The minimum atomic E-state index is -4.37. The number of carbonyl (C=O) groups excluding carboxylic acids is 1. The number of halogens is 1. The zero-order valence-electron chi connectivity index (χ0n) is 12.7. The van der Waals surface area contributed by atoms with Crippen molar-refractivity contribution in [3.05, 3.63) is 53.3 Å². The van der Waals surface area contributed by atoms with Crippen molar-refractivity contribution >= 4 is 27.6 Å². The number of benzene rings is 2. The molecule has 0 saturated heterocycles. The molecule has 0 saturated carbocycles. The summed E-state index contributed by atoms with van der Waals surface area (Å²) in [5.74, 6) is -4.24. The van der Waals surface area contributed by atoms with Crippen molar-refractivity contribution < 1.29 is 37.3 Å². The van der Waals surface area contributed by atoms with Gasteiger partial charge in [0.25, 0.3) is 10.0 Å².